The minimum Gasteiger partial charge on any atom is -0.507 e. The monoisotopic (exact) mass is 527 g/mol. The molecule has 3 aromatic carbocycles. The summed E-state index contributed by atoms with van der Waals surface area (Å²) < 4.78 is 15.9. The Kier molecular flexibility index (Phi) is 7.15. The van der Waals surface area contributed by atoms with E-state index in [1.54, 1.807) is 30.3 Å². The average molecular weight is 528 g/mol. The minimum atomic E-state index is -0.943. The second-order valence-electron chi connectivity index (χ2n) is 8.03. The maximum atomic E-state index is 13.4. The highest BCUT2D eigenvalue weighted by atomic mass is 35.5. The van der Waals surface area contributed by atoms with Gasteiger partial charge in [-0.25, -0.2) is 0 Å². The van der Waals surface area contributed by atoms with Crippen LogP contribution in [0.1, 0.15) is 22.7 Å². The molecule has 0 aromatic heterocycles. The van der Waals surface area contributed by atoms with Crippen molar-refractivity contribution in [1.82, 2.24) is 0 Å². The molecule has 1 amide bonds. The van der Waals surface area contributed by atoms with Gasteiger partial charge in [0, 0.05) is 11.8 Å². The fourth-order valence-corrected chi connectivity index (χ4v) is 4.77. The number of Topliss-reactive ketones (excluding diaryl/α,β-unsaturated/α-hetero) is 1. The van der Waals surface area contributed by atoms with Gasteiger partial charge in [-0.05, 0) is 42.3 Å². The average Bonchev–Trinajstić information content (AvgIpc) is 3.13. The number of anilines is 1. The van der Waals surface area contributed by atoms with Crippen molar-refractivity contribution in [3.8, 4) is 17.2 Å². The van der Waals surface area contributed by atoms with E-state index in [0.717, 1.165) is 5.56 Å². The first-order chi connectivity index (χ1) is 17.2. The zero-order valence-electron chi connectivity index (χ0n) is 20.0. The molecular formula is C27H23Cl2NO6. The third kappa shape index (κ3) is 4.25. The number of ether oxygens (including phenoxy) is 3. The zero-order chi connectivity index (χ0) is 26.1. The van der Waals surface area contributed by atoms with E-state index < -0.39 is 23.5 Å². The molecule has 1 saturated heterocycles. The van der Waals surface area contributed by atoms with Crippen LogP contribution in [0.2, 0.25) is 10.0 Å². The van der Waals surface area contributed by atoms with Gasteiger partial charge >= 0.3 is 0 Å². The molecule has 7 nitrogen and oxygen atoms in total. The SMILES string of the molecule is COc1ccc(N2C(=O)C(=O)/C(=C(/O)c3cc(Cl)c(OC)cc3OC)C2c2ccccc2C)cc1Cl. The number of carbonyl (C=O) groups excluding carboxylic acids is 2. The first-order valence-corrected chi connectivity index (χ1v) is 11.6. The Labute approximate surface area is 218 Å². The van der Waals surface area contributed by atoms with E-state index >= 15 is 0 Å². The van der Waals surface area contributed by atoms with Gasteiger partial charge in [-0.3, -0.25) is 14.5 Å². The fraction of sp³-hybridized carbons (Fsp3) is 0.185. The second kappa shape index (κ2) is 10.1. The molecule has 1 fully saturated rings. The quantitative estimate of drug-likeness (QED) is 0.242. The first-order valence-electron chi connectivity index (χ1n) is 10.8. The number of nitrogens with zero attached hydrogens (tertiary/aromatic N) is 1. The van der Waals surface area contributed by atoms with Crippen LogP contribution in [0.4, 0.5) is 5.69 Å². The van der Waals surface area contributed by atoms with Gasteiger partial charge in [-0.2, -0.15) is 0 Å². The summed E-state index contributed by atoms with van der Waals surface area (Å²) in [5.74, 6) is -1.14. The first kappa shape index (κ1) is 25.4. The van der Waals surface area contributed by atoms with E-state index in [2.05, 4.69) is 0 Å². The van der Waals surface area contributed by atoms with E-state index in [0.29, 0.717) is 22.7 Å². The second-order valence-corrected chi connectivity index (χ2v) is 8.85. The molecule has 36 heavy (non-hydrogen) atoms. The van der Waals surface area contributed by atoms with Crippen LogP contribution in [0.25, 0.3) is 5.76 Å². The van der Waals surface area contributed by atoms with Gasteiger partial charge in [0.25, 0.3) is 11.7 Å². The van der Waals surface area contributed by atoms with Gasteiger partial charge < -0.3 is 19.3 Å². The Morgan fingerprint density at radius 2 is 1.50 bits per heavy atom. The van der Waals surface area contributed by atoms with Crippen LogP contribution in [0.5, 0.6) is 17.2 Å². The lowest BCUT2D eigenvalue weighted by atomic mass is 9.92. The highest BCUT2D eigenvalue weighted by Crippen LogP contribution is 2.46. The minimum absolute atomic E-state index is 0.110. The molecule has 0 spiro atoms. The molecule has 0 bridgehead atoms. The van der Waals surface area contributed by atoms with E-state index in [4.69, 9.17) is 37.4 Å². The Bertz CT molecular complexity index is 1400. The molecule has 0 radical (unpaired) electrons. The van der Waals surface area contributed by atoms with Crippen molar-refractivity contribution in [2.45, 2.75) is 13.0 Å². The number of methoxy groups -OCH3 is 3. The number of rotatable bonds is 6. The lowest BCUT2D eigenvalue weighted by molar-refractivity contribution is -0.132. The van der Waals surface area contributed by atoms with E-state index in [9.17, 15) is 14.7 Å². The number of benzene rings is 3. The number of aryl methyl sites for hydroxylation is 1. The van der Waals surface area contributed by atoms with Gasteiger partial charge in [-0.1, -0.05) is 47.5 Å². The molecule has 1 atom stereocenters. The Balaban J connectivity index is 2.00. The van der Waals surface area contributed by atoms with Crippen LogP contribution in [0.3, 0.4) is 0 Å². The van der Waals surface area contributed by atoms with Crippen LogP contribution in [0.15, 0.2) is 60.2 Å². The summed E-state index contributed by atoms with van der Waals surface area (Å²) in [6.07, 6.45) is 0. The molecule has 1 aliphatic rings. The maximum absolute atomic E-state index is 13.4. The molecule has 4 rings (SSSR count). The number of halogens is 2. The summed E-state index contributed by atoms with van der Waals surface area (Å²) in [4.78, 5) is 28.2. The third-order valence-corrected chi connectivity index (χ3v) is 6.66. The lowest BCUT2D eigenvalue weighted by Crippen LogP contribution is -2.29. The standard InChI is InChI=1S/C27H23Cl2NO6/c1-14-7-5-6-8-16(14)24-23(25(31)17-12-19(29)22(36-4)13-21(17)35-3)26(32)27(33)30(24)15-9-10-20(34-2)18(28)11-15/h5-13,24,31H,1-4H3/b25-23+. The van der Waals surface area contributed by atoms with Crippen molar-refractivity contribution in [2.24, 2.45) is 0 Å². The van der Waals surface area contributed by atoms with E-state index in [1.807, 2.05) is 19.1 Å². The van der Waals surface area contributed by atoms with Gasteiger partial charge in [-0.15, -0.1) is 0 Å². The molecule has 1 unspecified atom stereocenters. The number of aliphatic hydroxyl groups excluding tert-OH is 1. The molecule has 1 heterocycles. The Hall–Kier alpha value is -3.68. The Morgan fingerprint density at radius 1 is 0.861 bits per heavy atom. The van der Waals surface area contributed by atoms with E-state index in [1.165, 1.54) is 38.4 Å². The van der Waals surface area contributed by atoms with Crippen molar-refractivity contribution in [3.63, 3.8) is 0 Å². The smallest absolute Gasteiger partial charge is 0.300 e. The van der Waals surface area contributed by atoms with Crippen LogP contribution in [0, 0.1) is 6.92 Å². The van der Waals surface area contributed by atoms with Crippen LogP contribution >= 0.6 is 23.2 Å². The van der Waals surface area contributed by atoms with Crippen LogP contribution in [-0.4, -0.2) is 38.1 Å². The Morgan fingerprint density at radius 3 is 2.11 bits per heavy atom. The summed E-state index contributed by atoms with van der Waals surface area (Å²) in [5, 5.41) is 12.0. The van der Waals surface area contributed by atoms with E-state index in [-0.39, 0.29) is 26.9 Å². The van der Waals surface area contributed by atoms with Crippen LogP contribution in [-0.2, 0) is 9.59 Å². The normalized spacial score (nSPS) is 16.8. The van der Waals surface area contributed by atoms with Crippen molar-refractivity contribution in [2.75, 3.05) is 26.2 Å². The maximum Gasteiger partial charge on any atom is 0.300 e. The predicted octanol–water partition coefficient (Wildman–Crippen LogP) is 5.95. The van der Waals surface area contributed by atoms with Crippen LogP contribution < -0.4 is 19.1 Å². The molecule has 0 saturated carbocycles. The summed E-state index contributed by atoms with van der Waals surface area (Å²) in [5.41, 5.74) is 1.88. The van der Waals surface area contributed by atoms with Gasteiger partial charge in [0.15, 0.2) is 0 Å². The summed E-state index contributed by atoms with van der Waals surface area (Å²) in [7, 11) is 4.34. The topological polar surface area (TPSA) is 85.3 Å². The van der Waals surface area contributed by atoms with Crippen molar-refractivity contribution in [1.29, 1.82) is 0 Å². The highest BCUT2D eigenvalue weighted by molar-refractivity contribution is 6.52. The molecular weight excluding hydrogens is 505 g/mol. The predicted molar refractivity (Wildman–Crippen MR) is 139 cm³/mol. The molecule has 1 N–H and O–H groups in total. The van der Waals surface area contributed by atoms with Crippen molar-refractivity contribution < 1.29 is 28.9 Å². The van der Waals surface area contributed by atoms with Crippen molar-refractivity contribution in [3.05, 3.63) is 86.9 Å². The van der Waals surface area contributed by atoms with Crippen molar-refractivity contribution >= 4 is 46.3 Å². The number of ketones is 1. The van der Waals surface area contributed by atoms with Gasteiger partial charge in [0.1, 0.15) is 23.0 Å². The molecule has 186 valence electrons. The number of amides is 1. The number of carbonyl (C=O) groups is 2. The van der Waals surface area contributed by atoms with Gasteiger partial charge in [0.05, 0.1) is 48.6 Å². The summed E-state index contributed by atoms with van der Waals surface area (Å²) >= 11 is 12.7. The molecule has 9 heteroatoms. The number of hydrogen-bond acceptors (Lipinski definition) is 6. The molecule has 0 aliphatic carbocycles. The third-order valence-electron chi connectivity index (χ3n) is 6.07. The fourth-order valence-electron chi connectivity index (χ4n) is 4.28. The molecule has 3 aromatic rings. The number of aliphatic hydroxyl groups is 1. The zero-order valence-corrected chi connectivity index (χ0v) is 21.5. The largest absolute Gasteiger partial charge is 0.507 e. The summed E-state index contributed by atoms with van der Waals surface area (Å²) in [6, 6.07) is 14.1. The van der Waals surface area contributed by atoms with Gasteiger partial charge in [0.2, 0.25) is 0 Å². The lowest BCUT2D eigenvalue weighted by Gasteiger charge is -2.27. The number of hydrogen-bond donors (Lipinski definition) is 1. The summed E-state index contributed by atoms with van der Waals surface area (Å²) in [6.45, 7) is 1.86. The molecule has 1 aliphatic heterocycles. The highest BCUT2D eigenvalue weighted by Gasteiger charge is 2.47.